The van der Waals surface area contributed by atoms with Crippen LogP contribution in [-0.4, -0.2) is 9.13 Å². The summed E-state index contributed by atoms with van der Waals surface area (Å²) in [7, 11) is 0. The Kier molecular flexibility index (Phi) is 5.90. The normalized spacial score (nSPS) is 14.6. The second kappa shape index (κ2) is 10.4. The number of rotatable bonds is 2. The molecule has 54 heavy (non-hydrogen) atoms. The fraction of sp³-hybridized carbons (Fsp3) is 0.120. The number of benzene rings is 7. The first-order valence-electron chi connectivity index (χ1n) is 18.6. The minimum atomic E-state index is -0.163. The van der Waals surface area contributed by atoms with Crippen LogP contribution >= 0.6 is 0 Å². The molecular formula is C50H34N4. The maximum absolute atomic E-state index is 11.0. The lowest BCUT2D eigenvalue weighted by Crippen LogP contribution is -2.14. The molecule has 0 fully saturated rings. The van der Waals surface area contributed by atoms with Crippen molar-refractivity contribution in [3.63, 3.8) is 0 Å². The summed E-state index contributed by atoms with van der Waals surface area (Å²) in [6.45, 7) is 9.24. The first-order chi connectivity index (χ1) is 26.2. The monoisotopic (exact) mass is 690 g/mol. The Balaban J connectivity index is 1.32. The van der Waals surface area contributed by atoms with Gasteiger partial charge in [-0.1, -0.05) is 113 Å². The highest BCUT2D eigenvalue weighted by molar-refractivity contribution is 6.14. The molecular weight excluding hydrogens is 657 g/mol. The standard InChI is InChI=1S/C50H34N4/c1-49(2)39-17-9-5-13-31(39)35-25-45-37(23-41(35)49)33-15-7-11-19-43(33)53(45)47-29(27-51)21-22-30(28-52)48(47)54-44-20-12-8-16-34(44)38-24-42-36(26-46(38)54)32-14-6-10-18-40(32)50(42,3)4/h5-26H,1-4H3. The molecule has 11 rings (SSSR count). The van der Waals surface area contributed by atoms with Gasteiger partial charge in [0.05, 0.1) is 44.6 Å². The second-order valence-electron chi connectivity index (χ2n) is 16.0. The predicted molar refractivity (Wildman–Crippen MR) is 220 cm³/mol. The third-order valence-corrected chi connectivity index (χ3v) is 12.6. The molecule has 0 saturated heterocycles. The number of fused-ring (bicyclic) bond motifs is 12. The molecule has 2 aromatic heterocycles. The predicted octanol–water partition coefficient (Wildman–Crippen LogP) is 12.2. The van der Waals surface area contributed by atoms with E-state index >= 15 is 0 Å². The number of hydrogen-bond acceptors (Lipinski definition) is 2. The molecule has 4 heteroatoms. The van der Waals surface area contributed by atoms with E-state index < -0.39 is 0 Å². The molecule has 9 aromatic rings. The van der Waals surface area contributed by atoms with E-state index in [1.807, 2.05) is 12.1 Å². The number of nitrogens with zero attached hydrogens (tertiary/aromatic N) is 4. The summed E-state index contributed by atoms with van der Waals surface area (Å²) in [5.41, 5.74) is 16.2. The van der Waals surface area contributed by atoms with E-state index in [1.54, 1.807) is 0 Å². The molecule has 2 heterocycles. The van der Waals surface area contributed by atoms with Gasteiger partial charge in [-0.05, 0) is 93.0 Å². The van der Waals surface area contributed by atoms with E-state index in [0.717, 1.165) is 43.6 Å². The number of nitriles is 2. The average Bonchev–Trinajstić information content (AvgIpc) is 3.84. The number of para-hydroxylation sites is 2. The molecule has 0 aliphatic heterocycles. The van der Waals surface area contributed by atoms with Crippen LogP contribution in [0, 0.1) is 22.7 Å². The molecule has 2 aliphatic carbocycles. The van der Waals surface area contributed by atoms with E-state index in [0.29, 0.717) is 22.5 Å². The van der Waals surface area contributed by atoms with Crippen LogP contribution in [0.1, 0.15) is 61.1 Å². The molecule has 0 spiro atoms. The highest BCUT2D eigenvalue weighted by atomic mass is 15.1. The van der Waals surface area contributed by atoms with Crippen molar-refractivity contribution in [2.45, 2.75) is 38.5 Å². The Bertz CT molecular complexity index is 3020. The van der Waals surface area contributed by atoms with Crippen molar-refractivity contribution in [1.82, 2.24) is 9.13 Å². The highest BCUT2D eigenvalue weighted by Crippen LogP contribution is 2.53. The lowest BCUT2D eigenvalue weighted by atomic mass is 9.82. The highest BCUT2D eigenvalue weighted by Gasteiger charge is 2.38. The van der Waals surface area contributed by atoms with Crippen molar-refractivity contribution >= 4 is 43.6 Å². The van der Waals surface area contributed by atoms with Gasteiger partial charge in [-0.3, -0.25) is 0 Å². The van der Waals surface area contributed by atoms with Crippen molar-refractivity contribution in [2.75, 3.05) is 0 Å². The molecule has 0 radical (unpaired) electrons. The van der Waals surface area contributed by atoms with Gasteiger partial charge in [0.2, 0.25) is 0 Å². The molecule has 0 atom stereocenters. The molecule has 0 N–H and O–H groups in total. The Morgan fingerprint density at radius 3 is 1.20 bits per heavy atom. The van der Waals surface area contributed by atoms with E-state index in [1.165, 1.54) is 44.5 Å². The average molecular weight is 691 g/mol. The Labute approximate surface area is 313 Å². The zero-order valence-electron chi connectivity index (χ0n) is 30.5. The summed E-state index contributed by atoms with van der Waals surface area (Å²) in [4.78, 5) is 0. The van der Waals surface area contributed by atoms with Crippen LogP contribution < -0.4 is 0 Å². The van der Waals surface area contributed by atoms with Crippen molar-refractivity contribution in [1.29, 1.82) is 10.5 Å². The van der Waals surface area contributed by atoms with E-state index in [4.69, 9.17) is 0 Å². The lowest BCUT2D eigenvalue weighted by Gasteiger charge is -2.22. The van der Waals surface area contributed by atoms with Gasteiger partial charge in [0.1, 0.15) is 12.1 Å². The van der Waals surface area contributed by atoms with Crippen LogP contribution in [0.2, 0.25) is 0 Å². The topological polar surface area (TPSA) is 57.4 Å². The van der Waals surface area contributed by atoms with Gasteiger partial charge in [0.25, 0.3) is 0 Å². The molecule has 4 nitrogen and oxygen atoms in total. The number of aromatic nitrogens is 2. The van der Waals surface area contributed by atoms with Crippen molar-refractivity contribution in [2.24, 2.45) is 0 Å². The zero-order chi connectivity index (χ0) is 36.7. The minimum Gasteiger partial charge on any atom is -0.306 e. The second-order valence-corrected chi connectivity index (χ2v) is 16.0. The summed E-state index contributed by atoms with van der Waals surface area (Å²) in [6.07, 6.45) is 0. The summed E-state index contributed by atoms with van der Waals surface area (Å²) in [5.74, 6) is 0. The third kappa shape index (κ3) is 3.70. The van der Waals surface area contributed by atoms with Gasteiger partial charge in [0.15, 0.2) is 0 Å². The van der Waals surface area contributed by atoms with Gasteiger partial charge < -0.3 is 9.13 Å². The largest absolute Gasteiger partial charge is 0.306 e. The quantitative estimate of drug-likeness (QED) is 0.181. The van der Waals surface area contributed by atoms with Crippen LogP contribution in [0.4, 0.5) is 0 Å². The molecule has 254 valence electrons. The maximum atomic E-state index is 11.0. The van der Waals surface area contributed by atoms with Crippen LogP contribution in [0.5, 0.6) is 0 Å². The maximum Gasteiger partial charge on any atom is 0.101 e. The van der Waals surface area contributed by atoms with Crippen molar-refractivity contribution < 1.29 is 0 Å². The lowest BCUT2D eigenvalue weighted by molar-refractivity contribution is 0.661. The first-order valence-corrected chi connectivity index (χ1v) is 18.6. The van der Waals surface area contributed by atoms with Gasteiger partial charge in [-0.2, -0.15) is 10.5 Å². The van der Waals surface area contributed by atoms with Gasteiger partial charge >= 0.3 is 0 Å². The van der Waals surface area contributed by atoms with E-state index in [9.17, 15) is 10.5 Å². The first kappa shape index (κ1) is 30.7. The zero-order valence-corrected chi connectivity index (χ0v) is 30.5. The molecule has 0 saturated carbocycles. The van der Waals surface area contributed by atoms with Gasteiger partial charge in [-0.25, -0.2) is 0 Å². The smallest absolute Gasteiger partial charge is 0.101 e. The summed E-state index contributed by atoms with van der Waals surface area (Å²) in [6, 6.07) is 52.5. The van der Waals surface area contributed by atoms with Crippen LogP contribution in [0.3, 0.4) is 0 Å². The third-order valence-electron chi connectivity index (χ3n) is 12.6. The number of hydrogen-bond donors (Lipinski definition) is 0. The molecule has 0 unspecified atom stereocenters. The van der Waals surface area contributed by atoms with Gasteiger partial charge in [0, 0.05) is 32.4 Å². The fourth-order valence-corrected chi connectivity index (χ4v) is 10.0. The van der Waals surface area contributed by atoms with Gasteiger partial charge in [-0.15, -0.1) is 0 Å². The van der Waals surface area contributed by atoms with Crippen molar-refractivity contribution in [3.8, 4) is 45.8 Å². The summed E-state index contributed by atoms with van der Waals surface area (Å²) in [5, 5.41) is 26.4. The fourth-order valence-electron chi connectivity index (χ4n) is 10.0. The summed E-state index contributed by atoms with van der Waals surface area (Å²) < 4.78 is 4.50. The van der Waals surface area contributed by atoms with Crippen molar-refractivity contribution in [3.05, 3.63) is 167 Å². The minimum absolute atomic E-state index is 0.163. The summed E-state index contributed by atoms with van der Waals surface area (Å²) >= 11 is 0. The molecule has 0 bridgehead atoms. The molecule has 7 aromatic carbocycles. The van der Waals surface area contributed by atoms with E-state index in [-0.39, 0.29) is 10.8 Å². The molecule has 0 amide bonds. The van der Waals surface area contributed by atoms with Crippen LogP contribution in [-0.2, 0) is 10.8 Å². The SMILES string of the molecule is CC1(C)c2ccccc2-c2cc3c(cc21)c1ccccc1n3-c1c(C#N)ccc(C#N)c1-n1c2ccccc2c2cc3c(cc21)-c1ccccc1C3(C)C. The Morgan fingerprint density at radius 1 is 0.389 bits per heavy atom. The Hall–Kier alpha value is -6.88. The van der Waals surface area contributed by atoms with Crippen LogP contribution in [0.15, 0.2) is 133 Å². The van der Waals surface area contributed by atoms with Crippen LogP contribution in [0.25, 0.3) is 77.2 Å². The molecule has 2 aliphatic rings. The Morgan fingerprint density at radius 2 is 0.778 bits per heavy atom. The van der Waals surface area contributed by atoms with E-state index in [2.05, 4.69) is 170 Å².